The Labute approximate surface area is 165 Å². The Bertz CT molecular complexity index is 1120. The van der Waals surface area contributed by atoms with E-state index < -0.39 is 0 Å². The summed E-state index contributed by atoms with van der Waals surface area (Å²) in [5.41, 5.74) is 6.28. The molecule has 0 radical (unpaired) electrons. The van der Waals surface area contributed by atoms with Gasteiger partial charge in [0.25, 0.3) is 0 Å². The first-order valence-corrected chi connectivity index (χ1v) is 9.56. The van der Waals surface area contributed by atoms with Crippen LogP contribution in [-0.2, 0) is 17.6 Å². The maximum Gasteiger partial charge on any atom is 0.137 e. The Morgan fingerprint density at radius 2 is 1.71 bits per heavy atom. The lowest BCUT2D eigenvalue weighted by Gasteiger charge is -2.06. The first-order valence-electron chi connectivity index (χ1n) is 9.56. The minimum absolute atomic E-state index is 0.238. The van der Waals surface area contributed by atoms with Gasteiger partial charge in [-0.15, -0.1) is 0 Å². The molecule has 4 aromatic rings. The molecule has 0 bridgehead atoms. The average molecular weight is 366 g/mol. The molecule has 0 saturated heterocycles. The summed E-state index contributed by atoms with van der Waals surface area (Å²) < 4.78 is 0. The van der Waals surface area contributed by atoms with Crippen molar-refractivity contribution in [2.75, 3.05) is 0 Å². The molecule has 3 nitrogen and oxygen atoms in total. The molecule has 0 spiro atoms. The van der Waals surface area contributed by atoms with Crippen molar-refractivity contribution in [1.82, 2.24) is 9.97 Å². The smallest absolute Gasteiger partial charge is 0.137 e. The third-order valence-corrected chi connectivity index (χ3v) is 4.90. The van der Waals surface area contributed by atoms with E-state index >= 15 is 0 Å². The van der Waals surface area contributed by atoms with Gasteiger partial charge in [0, 0.05) is 35.8 Å². The molecule has 0 aliphatic carbocycles. The molecule has 0 aliphatic rings. The Morgan fingerprint density at radius 1 is 0.893 bits per heavy atom. The van der Waals surface area contributed by atoms with Gasteiger partial charge in [0.15, 0.2) is 0 Å². The number of rotatable bonds is 6. The number of carbonyl (C=O) groups excluding carboxylic acids is 1. The fourth-order valence-electron chi connectivity index (χ4n) is 3.37. The SMILES string of the molecule is Cc1cc(-c2ccc(CC(=O)CCc3ccc4ccccc4n3)cc2)ccn1. The van der Waals surface area contributed by atoms with Crippen LogP contribution in [-0.4, -0.2) is 15.8 Å². The zero-order valence-corrected chi connectivity index (χ0v) is 15.9. The molecule has 2 aromatic carbocycles. The van der Waals surface area contributed by atoms with E-state index in [0.717, 1.165) is 39.0 Å². The van der Waals surface area contributed by atoms with Crippen LogP contribution in [0.25, 0.3) is 22.0 Å². The monoisotopic (exact) mass is 366 g/mol. The third kappa shape index (κ3) is 4.32. The Morgan fingerprint density at radius 3 is 2.54 bits per heavy atom. The lowest BCUT2D eigenvalue weighted by molar-refractivity contribution is -0.118. The highest BCUT2D eigenvalue weighted by atomic mass is 16.1. The first-order chi connectivity index (χ1) is 13.7. The molecule has 2 aromatic heterocycles. The number of ketones is 1. The summed E-state index contributed by atoms with van der Waals surface area (Å²) in [5, 5.41) is 1.13. The number of carbonyl (C=O) groups is 1. The number of aromatic nitrogens is 2. The summed E-state index contributed by atoms with van der Waals surface area (Å²) in [5.74, 6) is 0.238. The minimum atomic E-state index is 0.238. The largest absolute Gasteiger partial charge is 0.299 e. The molecular formula is C25H22N2O. The van der Waals surface area contributed by atoms with Gasteiger partial charge in [0.1, 0.15) is 5.78 Å². The second kappa shape index (κ2) is 8.13. The topological polar surface area (TPSA) is 42.9 Å². The summed E-state index contributed by atoms with van der Waals surface area (Å²) in [6, 6.07) is 24.4. The van der Waals surface area contributed by atoms with E-state index in [9.17, 15) is 4.79 Å². The lowest BCUT2D eigenvalue weighted by atomic mass is 10.0. The Hall–Kier alpha value is -3.33. The summed E-state index contributed by atoms with van der Waals surface area (Å²) >= 11 is 0. The predicted molar refractivity (Wildman–Crippen MR) is 113 cm³/mol. The molecule has 0 aliphatic heterocycles. The van der Waals surface area contributed by atoms with Gasteiger partial charge in [0.05, 0.1) is 5.52 Å². The standard InChI is InChI=1S/C25H22N2O/c1-18-16-22(14-15-26-18)20-8-6-19(7-9-20)17-24(28)13-12-23-11-10-21-4-2-3-5-25(21)27-23/h2-11,14-16H,12-13,17H2,1H3. The normalized spacial score (nSPS) is 10.9. The van der Waals surface area contributed by atoms with Crippen molar-refractivity contribution in [2.45, 2.75) is 26.2 Å². The molecule has 0 saturated carbocycles. The molecule has 4 rings (SSSR count). The van der Waals surface area contributed by atoms with Gasteiger partial charge < -0.3 is 0 Å². The van der Waals surface area contributed by atoms with Crippen LogP contribution in [0.1, 0.15) is 23.4 Å². The second-order valence-electron chi connectivity index (χ2n) is 7.09. The zero-order chi connectivity index (χ0) is 19.3. The molecule has 0 atom stereocenters. The van der Waals surface area contributed by atoms with Crippen molar-refractivity contribution in [2.24, 2.45) is 0 Å². The van der Waals surface area contributed by atoms with Gasteiger partial charge in [-0.2, -0.15) is 0 Å². The highest BCUT2D eigenvalue weighted by Crippen LogP contribution is 2.20. The van der Waals surface area contributed by atoms with Crippen LogP contribution in [0.15, 0.2) is 79.0 Å². The number of nitrogens with zero attached hydrogens (tertiary/aromatic N) is 2. The highest BCUT2D eigenvalue weighted by Gasteiger charge is 2.07. The molecule has 138 valence electrons. The van der Waals surface area contributed by atoms with Crippen LogP contribution in [0.2, 0.25) is 0 Å². The van der Waals surface area contributed by atoms with E-state index in [1.54, 1.807) is 0 Å². The molecule has 0 N–H and O–H groups in total. The molecule has 28 heavy (non-hydrogen) atoms. The van der Waals surface area contributed by atoms with Gasteiger partial charge in [-0.05, 0) is 54.3 Å². The van der Waals surface area contributed by atoms with Crippen molar-refractivity contribution < 1.29 is 4.79 Å². The van der Waals surface area contributed by atoms with Crippen LogP contribution in [0.4, 0.5) is 0 Å². The van der Waals surface area contributed by atoms with E-state index in [4.69, 9.17) is 0 Å². The number of para-hydroxylation sites is 1. The van der Waals surface area contributed by atoms with Gasteiger partial charge >= 0.3 is 0 Å². The molecule has 3 heteroatoms. The second-order valence-corrected chi connectivity index (χ2v) is 7.09. The number of fused-ring (bicyclic) bond motifs is 1. The van der Waals surface area contributed by atoms with Gasteiger partial charge in [-0.25, -0.2) is 0 Å². The average Bonchev–Trinajstić information content (AvgIpc) is 2.73. The van der Waals surface area contributed by atoms with Crippen LogP contribution >= 0.6 is 0 Å². The van der Waals surface area contributed by atoms with Crippen LogP contribution < -0.4 is 0 Å². The number of hydrogen-bond acceptors (Lipinski definition) is 3. The van der Waals surface area contributed by atoms with Crippen molar-refractivity contribution >= 4 is 16.7 Å². The van der Waals surface area contributed by atoms with E-state index in [-0.39, 0.29) is 5.78 Å². The fraction of sp³-hybridized carbons (Fsp3) is 0.160. The van der Waals surface area contributed by atoms with E-state index in [2.05, 4.69) is 34.2 Å². The van der Waals surface area contributed by atoms with E-state index in [0.29, 0.717) is 19.3 Å². The van der Waals surface area contributed by atoms with Gasteiger partial charge in [-0.3, -0.25) is 14.8 Å². The molecule has 0 amide bonds. The summed E-state index contributed by atoms with van der Waals surface area (Å²) in [4.78, 5) is 21.3. The maximum absolute atomic E-state index is 12.4. The van der Waals surface area contributed by atoms with Crippen LogP contribution in [0.3, 0.4) is 0 Å². The number of aryl methyl sites for hydroxylation is 2. The van der Waals surface area contributed by atoms with Crippen molar-refractivity contribution in [3.63, 3.8) is 0 Å². The zero-order valence-electron chi connectivity index (χ0n) is 15.9. The summed E-state index contributed by atoms with van der Waals surface area (Å²) in [6.07, 6.45) is 3.47. The number of Topliss-reactive ketones (excluding diaryl/α,β-unsaturated/α-hetero) is 1. The summed E-state index contributed by atoms with van der Waals surface area (Å²) in [7, 11) is 0. The third-order valence-electron chi connectivity index (χ3n) is 4.90. The van der Waals surface area contributed by atoms with Crippen molar-refractivity contribution in [1.29, 1.82) is 0 Å². The minimum Gasteiger partial charge on any atom is -0.299 e. The van der Waals surface area contributed by atoms with Crippen molar-refractivity contribution in [3.05, 3.63) is 95.9 Å². The Balaban J connectivity index is 1.36. The molecular weight excluding hydrogens is 344 g/mol. The van der Waals surface area contributed by atoms with Gasteiger partial charge in [-0.1, -0.05) is 48.5 Å². The van der Waals surface area contributed by atoms with Gasteiger partial charge in [0.2, 0.25) is 0 Å². The summed E-state index contributed by atoms with van der Waals surface area (Å²) in [6.45, 7) is 1.99. The van der Waals surface area contributed by atoms with Crippen LogP contribution in [0.5, 0.6) is 0 Å². The quantitative estimate of drug-likeness (QED) is 0.462. The van der Waals surface area contributed by atoms with Crippen LogP contribution in [0, 0.1) is 6.92 Å². The highest BCUT2D eigenvalue weighted by molar-refractivity contribution is 5.82. The lowest BCUT2D eigenvalue weighted by Crippen LogP contribution is -2.05. The molecule has 2 heterocycles. The number of benzene rings is 2. The van der Waals surface area contributed by atoms with E-state index in [1.165, 1.54) is 0 Å². The number of pyridine rings is 2. The predicted octanol–water partition coefficient (Wildman–Crippen LogP) is 5.35. The number of hydrogen-bond donors (Lipinski definition) is 0. The Kier molecular flexibility index (Phi) is 5.24. The molecule has 0 unspecified atom stereocenters. The molecule has 0 fully saturated rings. The fourth-order valence-corrected chi connectivity index (χ4v) is 3.37. The van der Waals surface area contributed by atoms with Crippen molar-refractivity contribution in [3.8, 4) is 11.1 Å². The van der Waals surface area contributed by atoms with E-state index in [1.807, 2.05) is 61.7 Å². The maximum atomic E-state index is 12.4. The first kappa shape index (κ1) is 18.1.